The number of hydrogen-bond acceptors (Lipinski definition) is 2. The fourth-order valence-electron chi connectivity index (χ4n) is 9.16. The van der Waals surface area contributed by atoms with Crippen LogP contribution in [-0.4, -0.2) is 0 Å². The first-order chi connectivity index (χ1) is 35.9. The Kier molecular flexibility index (Phi) is 16.8. The van der Waals surface area contributed by atoms with Crippen LogP contribution in [0.25, 0.3) is 61.7 Å². The number of anilines is 4. The van der Waals surface area contributed by atoms with Crippen LogP contribution in [0.3, 0.4) is 0 Å². The third-order valence-electron chi connectivity index (χ3n) is 13.5. The smallest absolute Gasteiger partial charge is 0.0462 e. The number of fused-ring (bicyclic) bond motifs is 3. The number of aryl methyl sites for hydroxylation is 1. The van der Waals surface area contributed by atoms with Crippen LogP contribution in [0.4, 0.5) is 22.7 Å². The summed E-state index contributed by atoms with van der Waals surface area (Å²) in [7, 11) is 0. The summed E-state index contributed by atoms with van der Waals surface area (Å²) in [6.45, 7) is 22.8. The van der Waals surface area contributed by atoms with Gasteiger partial charge in [0, 0.05) is 34.5 Å². The summed E-state index contributed by atoms with van der Waals surface area (Å²) in [5, 5.41) is 3.67. The second-order valence-corrected chi connectivity index (χ2v) is 19.6. The van der Waals surface area contributed by atoms with Crippen LogP contribution in [0.1, 0.15) is 63.8 Å². The lowest BCUT2D eigenvalue weighted by molar-refractivity contribution is 0.519. The molecule has 0 aromatic heterocycles. The molecule has 1 aliphatic heterocycles. The molecule has 1 N–H and O–H groups in total. The van der Waals surface area contributed by atoms with E-state index in [1.165, 1.54) is 50.1 Å². The van der Waals surface area contributed by atoms with Crippen LogP contribution in [0.2, 0.25) is 0 Å². The van der Waals surface area contributed by atoms with Crippen molar-refractivity contribution >= 4 is 40.0 Å². The van der Waals surface area contributed by atoms with Gasteiger partial charge in [-0.1, -0.05) is 228 Å². The van der Waals surface area contributed by atoms with Crippen molar-refractivity contribution in [1.29, 1.82) is 0 Å². The van der Waals surface area contributed by atoms with Crippen molar-refractivity contribution in [1.82, 2.24) is 0 Å². The molecule has 8 aromatic rings. The molecule has 366 valence electrons. The zero-order valence-electron chi connectivity index (χ0n) is 44.1. The zero-order chi connectivity index (χ0) is 52.0. The van der Waals surface area contributed by atoms with Gasteiger partial charge < -0.3 is 10.2 Å². The molecule has 0 saturated carbocycles. The molecule has 0 spiro atoms. The molecule has 0 saturated heterocycles. The van der Waals surface area contributed by atoms with Gasteiger partial charge >= 0.3 is 0 Å². The Hall–Kier alpha value is -8.72. The summed E-state index contributed by atoms with van der Waals surface area (Å²) >= 11 is 0. The number of nitrogens with one attached hydrogen (secondary N) is 1. The quantitative estimate of drug-likeness (QED) is 0.130. The highest BCUT2D eigenvalue weighted by atomic mass is 15.1. The van der Waals surface area contributed by atoms with E-state index in [0.717, 1.165) is 61.7 Å². The predicted octanol–water partition coefficient (Wildman–Crippen LogP) is 20.9. The maximum absolute atomic E-state index is 3.94. The number of hydrogen-bond donors (Lipinski definition) is 1. The van der Waals surface area contributed by atoms with Crippen molar-refractivity contribution in [3.63, 3.8) is 0 Å². The Balaban J connectivity index is 0.000000741. The molecule has 2 nitrogen and oxygen atoms in total. The van der Waals surface area contributed by atoms with Gasteiger partial charge in [-0.2, -0.15) is 0 Å². The van der Waals surface area contributed by atoms with Gasteiger partial charge in [0.2, 0.25) is 0 Å². The molecule has 0 atom stereocenters. The number of nitrogens with zero attached hydrogens (tertiary/aromatic N) is 1. The first kappa shape index (κ1) is 51.6. The van der Waals surface area contributed by atoms with Crippen molar-refractivity contribution < 1.29 is 0 Å². The fourth-order valence-corrected chi connectivity index (χ4v) is 9.16. The highest BCUT2D eigenvalue weighted by Gasteiger charge is 2.16. The monoisotopic (exact) mass is 961 g/mol. The highest BCUT2D eigenvalue weighted by molar-refractivity contribution is 5.91. The largest absolute Gasteiger partial charge is 0.361 e. The van der Waals surface area contributed by atoms with Crippen LogP contribution in [0.15, 0.2) is 273 Å². The summed E-state index contributed by atoms with van der Waals surface area (Å²) in [6.07, 6.45) is 20.9. The zero-order valence-corrected chi connectivity index (χ0v) is 44.1. The first-order valence-corrected chi connectivity index (χ1v) is 25.6. The molecule has 0 aliphatic carbocycles. The van der Waals surface area contributed by atoms with Crippen LogP contribution in [0.5, 0.6) is 0 Å². The molecule has 8 aromatic carbocycles. The molecule has 0 radical (unpaired) electrons. The molecule has 0 amide bonds. The van der Waals surface area contributed by atoms with Crippen LogP contribution >= 0.6 is 0 Å². The first-order valence-electron chi connectivity index (χ1n) is 25.6. The Morgan fingerprint density at radius 3 is 1.64 bits per heavy atom. The minimum atomic E-state index is 0.229. The molecular weight excluding hydrogens is 893 g/mol. The van der Waals surface area contributed by atoms with Crippen LogP contribution in [-0.2, 0) is 0 Å². The summed E-state index contributed by atoms with van der Waals surface area (Å²) < 4.78 is 0. The molecule has 1 aliphatic rings. The lowest BCUT2D eigenvalue weighted by Gasteiger charge is -2.26. The third kappa shape index (κ3) is 12.5. The second-order valence-electron chi connectivity index (χ2n) is 19.6. The van der Waals surface area contributed by atoms with E-state index < -0.39 is 0 Å². The van der Waals surface area contributed by atoms with Gasteiger partial charge in [0.15, 0.2) is 0 Å². The Bertz CT molecular complexity index is 3420. The van der Waals surface area contributed by atoms with Gasteiger partial charge in [0.25, 0.3) is 0 Å². The molecule has 2 heteroatoms. The van der Waals surface area contributed by atoms with E-state index in [9.17, 15) is 0 Å². The molecule has 0 fully saturated rings. The molecular formula is C72H68N2. The number of benzene rings is 8. The van der Waals surface area contributed by atoms with Gasteiger partial charge in [-0.15, -0.1) is 0 Å². The maximum Gasteiger partial charge on any atom is 0.0462 e. The van der Waals surface area contributed by atoms with E-state index in [-0.39, 0.29) is 5.41 Å². The molecule has 1 heterocycles. The maximum atomic E-state index is 3.94. The van der Waals surface area contributed by atoms with E-state index in [2.05, 4.69) is 295 Å². The van der Waals surface area contributed by atoms with Crippen molar-refractivity contribution in [2.24, 2.45) is 5.41 Å². The Labute approximate surface area is 441 Å². The average molecular weight is 961 g/mol. The minimum absolute atomic E-state index is 0.229. The van der Waals surface area contributed by atoms with Gasteiger partial charge in [-0.25, -0.2) is 0 Å². The van der Waals surface area contributed by atoms with E-state index in [1.807, 2.05) is 32.1 Å². The van der Waals surface area contributed by atoms with Crippen molar-refractivity contribution in [3.05, 3.63) is 295 Å². The standard InChI is InChI=1S/C63H52N2.C9H16/c1-5-15-47(16-6-2)49-27-34-56(35-28-49)65(57-36-29-50(30-37-57)48-18-8-7-9-19-48)58-38-31-51(32-39-58)53-21-14-22-54(43-53)55-33-40-63-62(44-55)61-24-13-11-20-52(61)26-25-46(4)60(41-42-64-63)59-23-12-10-17-45(59)3;1-6-7-8(2)9(3,4)5/h5-44,64H,1H2,2-4H3;6-7H,2H2,1,3-5H3/b16-6-,26-25-,42-41+,47-15+,60-46+;7-6-. The van der Waals surface area contributed by atoms with E-state index in [0.29, 0.717) is 0 Å². The number of rotatable bonds is 11. The average Bonchev–Trinajstić information content (AvgIpc) is 3.45. The molecule has 0 unspecified atom stereocenters. The van der Waals surface area contributed by atoms with Gasteiger partial charge in [-0.3, -0.25) is 0 Å². The van der Waals surface area contributed by atoms with Crippen molar-refractivity contribution in [2.75, 3.05) is 10.2 Å². The van der Waals surface area contributed by atoms with E-state index in [1.54, 1.807) is 0 Å². The van der Waals surface area contributed by atoms with Crippen LogP contribution in [0, 0.1) is 12.3 Å². The summed E-state index contributed by atoms with van der Waals surface area (Å²) in [5.74, 6) is 0. The Morgan fingerprint density at radius 2 is 1.03 bits per heavy atom. The van der Waals surface area contributed by atoms with E-state index >= 15 is 0 Å². The number of allylic oxidation sites excluding steroid dienone is 12. The normalized spacial score (nSPS) is 14.4. The lowest BCUT2D eigenvalue weighted by Crippen LogP contribution is -2.09. The minimum Gasteiger partial charge on any atom is -0.361 e. The van der Waals surface area contributed by atoms with Crippen molar-refractivity contribution in [2.45, 2.75) is 48.5 Å². The van der Waals surface area contributed by atoms with Crippen molar-refractivity contribution in [3.8, 4) is 44.5 Å². The van der Waals surface area contributed by atoms with Gasteiger partial charge in [-0.05, 0) is 172 Å². The van der Waals surface area contributed by atoms with Gasteiger partial charge in [0.1, 0.15) is 0 Å². The summed E-state index contributed by atoms with van der Waals surface area (Å²) in [5.41, 5.74) is 23.4. The van der Waals surface area contributed by atoms with Gasteiger partial charge in [0.05, 0.1) is 0 Å². The third-order valence-corrected chi connectivity index (χ3v) is 13.5. The topological polar surface area (TPSA) is 15.3 Å². The SMILES string of the molecule is C=C(/C=C\C)C(C)(C)C.C=C/C=C(\C=C/C)c1ccc(N(c2ccc(-c3ccccc3)cc2)c2ccc(-c3cccc(-c4ccc5c(c4)-c4ccccc4\C=C/C(C)=C(c4ccccc4C)\C=C\N5)c3)cc2)cc1. The van der Waals surface area contributed by atoms with E-state index in [4.69, 9.17) is 0 Å². The summed E-state index contributed by atoms with van der Waals surface area (Å²) in [4.78, 5) is 2.33. The predicted molar refractivity (Wildman–Crippen MR) is 325 cm³/mol. The highest BCUT2D eigenvalue weighted by Crippen LogP contribution is 2.40. The summed E-state index contributed by atoms with van der Waals surface area (Å²) in [6, 6.07) is 70.0. The van der Waals surface area contributed by atoms with Crippen LogP contribution < -0.4 is 10.2 Å². The lowest BCUT2D eigenvalue weighted by atomic mass is 9.87. The second kappa shape index (κ2) is 24.1. The molecule has 9 rings (SSSR count). The molecule has 0 bridgehead atoms. The Morgan fingerprint density at radius 1 is 0.500 bits per heavy atom. The fraction of sp³-hybridized carbons (Fsp3) is 0.111. The molecule has 74 heavy (non-hydrogen) atoms.